The maximum absolute atomic E-state index is 12.8. The zero-order chi connectivity index (χ0) is 25.8. The molecular formula is C24H34N2O8S. The van der Waals surface area contributed by atoms with Gasteiger partial charge in [0.25, 0.3) is 11.8 Å². The number of ketones is 1. The van der Waals surface area contributed by atoms with Crippen molar-refractivity contribution in [3.63, 3.8) is 0 Å². The lowest BCUT2D eigenvalue weighted by atomic mass is 9.82. The van der Waals surface area contributed by atoms with Gasteiger partial charge in [-0.25, -0.2) is 4.79 Å². The number of likely N-dealkylation sites (tertiary alicyclic amines) is 1. The van der Waals surface area contributed by atoms with Crippen molar-refractivity contribution in [2.45, 2.75) is 83.0 Å². The van der Waals surface area contributed by atoms with Crippen LogP contribution in [-0.4, -0.2) is 75.1 Å². The van der Waals surface area contributed by atoms with Crippen LogP contribution in [0.15, 0.2) is 0 Å². The highest BCUT2D eigenvalue weighted by molar-refractivity contribution is 8.00. The summed E-state index contributed by atoms with van der Waals surface area (Å²) in [5.41, 5.74) is -0.820. The van der Waals surface area contributed by atoms with Crippen LogP contribution < -0.4 is 0 Å². The summed E-state index contributed by atoms with van der Waals surface area (Å²) in [5, 5.41) is 0.176. The molecule has 0 aromatic heterocycles. The summed E-state index contributed by atoms with van der Waals surface area (Å²) in [6.07, 6.45) is 3.32. The molecule has 2 heterocycles. The van der Waals surface area contributed by atoms with E-state index in [0.29, 0.717) is 56.1 Å². The van der Waals surface area contributed by atoms with Crippen molar-refractivity contribution in [2.75, 3.05) is 18.9 Å². The number of hydrogen-bond acceptors (Lipinski definition) is 9. The molecule has 2 saturated heterocycles. The summed E-state index contributed by atoms with van der Waals surface area (Å²) in [5.74, 6) is -1.60. The van der Waals surface area contributed by atoms with Crippen LogP contribution in [0.2, 0.25) is 0 Å². The Labute approximate surface area is 209 Å². The van der Waals surface area contributed by atoms with Gasteiger partial charge in [0.05, 0.1) is 11.2 Å². The lowest BCUT2D eigenvalue weighted by molar-refractivity contribution is -0.201. The molecule has 0 bridgehead atoms. The molecule has 0 spiro atoms. The fraction of sp³-hybridized carbons (Fsp3) is 0.750. The Morgan fingerprint density at radius 2 is 1.63 bits per heavy atom. The number of Topliss-reactive ketones (excluding diaryl/α,β-unsaturated/α-hetero) is 1. The van der Waals surface area contributed by atoms with Gasteiger partial charge in [-0.1, -0.05) is 0 Å². The lowest BCUT2D eigenvalue weighted by Crippen LogP contribution is -2.39. The van der Waals surface area contributed by atoms with Crippen LogP contribution >= 0.6 is 11.8 Å². The van der Waals surface area contributed by atoms with Crippen molar-refractivity contribution >= 4 is 47.1 Å². The molecule has 1 atom stereocenters. The summed E-state index contributed by atoms with van der Waals surface area (Å²) >= 11 is 1.44. The Morgan fingerprint density at radius 1 is 1.00 bits per heavy atom. The van der Waals surface area contributed by atoms with Crippen LogP contribution in [0.5, 0.6) is 0 Å². The molecule has 0 aromatic rings. The van der Waals surface area contributed by atoms with E-state index in [1.54, 1.807) is 13.8 Å². The van der Waals surface area contributed by atoms with Gasteiger partial charge in [0.1, 0.15) is 5.60 Å². The molecule has 1 unspecified atom stereocenters. The van der Waals surface area contributed by atoms with Crippen molar-refractivity contribution in [2.24, 2.45) is 11.8 Å². The second kappa shape index (κ2) is 11.6. The van der Waals surface area contributed by atoms with Crippen LogP contribution in [0.1, 0.15) is 72.1 Å². The first kappa shape index (κ1) is 27.3. The Balaban J connectivity index is 1.37. The molecule has 194 valence electrons. The molecular weight excluding hydrogens is 476 g/mol. The number of ether oxygens (including phenoxy) is 1. The van der Waals surface area contributed by atoms with Crippen LogP contribution in [-0.2, 0) is 38.3 Å². The van der Waals surface area contributed by atoms with Crippen LogP contribution in [0.25, 0.3) is 0 Å². The predicted molar refractivity (Wildman–Crippen MR) is 126 cm³/mol. The Bertz CT molecular complexity index is 865. The molecule has 10 nitrogen and oxygen atoms in total. The average Bonchev–Trinajstić information content (AvgIpc) is 3.26. The van der Waals surface area contributed by atoms with E-state index < -0.39 is 34.6 Å². The SMILES string of the molecule is CC(=O)C(C)(C)OCCCSC1CC(=O)N(CC2CCC(C(=O)ON3C(=O)CCC3=O)CC2)C1=O. The van der Waals surface area contributed by atoms with Crippen molar-refractivity contribution in [3.05, 3.63) is 0 Å². The zero-order valence-electron chi connectivity index (χ0n) is 20.6. The van der Waals surface area contributed by atoms with E-state index in [2.05, 4.69) is 0 Å². The van der Waals surface area contributed by atoms with E-state index in [0.717, 1.165) is 0 Å². The Kier molecular flexibility index (Phi) is 9.09. The highest BCUT2D eigenvalue weighted by Gasteiger charge is 2.41. The van der Waals surface area contributed by atoms with Gasteiger partial charge in [-0.15, -0.1) is 16.8 Å². The van der Waals surface area contributed by atoms with Crippen LogP contribution in [0.4, 0.5) is 0 Å². The number of carbonyl (C=O) groups is 6. The molecule has 2 aliphatic heterocycles. The average molecular weight is 511 g/mol. The van der Waals surface area contributed by atoms with Gasteiger partial charge in [-0.05, 0) is 64.5 Å². The monoisotopic (exact) mass is 510 g/mol. The first-order valence-corrected chi connectivity index (χ1v) is 13.2. The minimum absolute atomic E-state index is 0.0416. The minimum atomic E-state index is -0.820. The van der Waals surface area contributed by atoms with E-state index >= 15 is 0 Å². The van der Waals surface area contributed by atoms with Crippen molar-refractivity contribution in [3.8, 4) is 0 Å². The molecule has 35 heavy (non-hydrogen) atoms. The molecule has 11 heteroatoms. The summed E-state index contributed by atoms with van der Waals surface area (Å²) in [6, 6.07) is 0. The van der Waals surface area contributed by atoms with Crippen molar-refractivity contribution < 1.29 is 38.3 Å². The maximum atomic E-state index is 12.8. The fourth-order valence-electron chi connectivity index (χ4n) is 4.35. The van der Waals surface area contributed by atoms with E-state index in [9.17, 15) is 28.8 Å². The molecule has 3 aliphatic rings. The van der Waals surface area contributed by atoms with Gasteiger partial charge in [0, 0.05) is 32.4 Å². The second-order valence-corrected chi connectivity index (χ2v) is 11.2. The summed E-state index contributed by atoms with van der Waals surface area (Å²) in [6.45, 7) is 5.69. The lowest BCUT2D eigenvalue weighted by Gasteiger charge is -2.30. The van der Waals surface area contributed by atoms with Gasteiger partial charge < -0.3 is 9.57 Å². The fourth-order valence-corrected chi connectivity index (χ4v) is 5.45. The van der Waals surface area contributed by atoms with Crippen LogP contribution in [0.3, 0.4) is 0 Å². The van der Waals surface area contributed by atoms with Gasteiger partial charge in [-0.2, -0.15) is 0 Å². The third kappa shape index (κ3) is 6.91. The van der Waals surface area contributed by atoms with Gasteiger partial charge in [0.15, 0.2) is 5.78 Å². The molecule has 4 amide bonds. The normalized spacial score (nSPS) is 25.5. The topological polar surface area (TPSA) is 127 Å². The van der Waals surface area contributed by atoms with E-state index in [-0.39, 0.29) is 42.8 Å². The highest BCUT2D eigenvalue weighted by Crippen LogP contribution is 2.33. The summed E-state index contributed by atoms with van der Waals surface area (Å²) < 4.78 is 5.60. The maximum Gasteiger partial charge on any atom is 0.336 e. The molecule has 0 aromatic carbocycles. The number of rotatable bonds is 11. The number of carbonyl (C=O) groups excluding carboxylic acids is 6. The van der Waals surface area contributed by atoms with E-state index in [1.165, 1.54) is 23.6 Å². The predicted octanol–water partition coefficient (Wildman–Crippen LogP) is 2.04. The summed E-state index contributed by atoms with van der Waals surface area (Å²) in [4.78, 5) is 78.8. The number of thioether (sulfide) groups is 1. The molecule has 3 fully saturated rings. The number of hydrogen-bond donors (Lipinski definition) is 0. The van der Waals surface area contributed by atoms with Crippen molar-refractivity contribution in [1.82, 2.24) is 9.96 Å². The Hall–Kier alpha value is -2.27. The first-order valence-electron chi connectivity index (χ1n) is 12.2. The van der Waals surface area contributed by atoms with E-state index in [1.807, 2.05) is 0 Å². The molecule has 1 saturated carbocycles. The standard InChI is InChI=1S/C24H34N2O8S/c1-15(27)24(2,3)33-11-4-12-35-18-13-21(30)25(22(18)31)14-16-5-7-17(8-6-16)23(32)34-26-19(28)9-10-20(26)29/h16-18H,4-14H2,1-3H3. The third-order valence-electron chi connectivity index (χ3n) is 6.93. The number of nitrogens with zero attached hydrogens (tertiary/aromatic N) is 2. The van der Waals surface area contributed by atoms with Gasteiger partial charge in [-0.3, -0.25) is 28.9 Å². The van der Waals surface area contributed by atoms with E-state index in [4.69, 9.17) is 9.57 Å². The van der Waals surface area contributed by atoms with Crippen LogP contribution in [0, 0.1) is 11.8 Å². The number of amides is 4. The minimum Gasteiger partial charge on any atom is -0.368 e. The number of hydroxylamine groups is 2. The highest BCUT2D eigenvalue weighted by atomic mass is 32.2. The first-order chi connectivity index (χ1) is 16.5. The summed E-state index contributed by atoms with van der Waals surface area (Å²) in [7, 11) is 0. The number of imide groups is 2. The Morgan fingerprint density at radius 3 is 2.23 bits per heavy atom. The molecule has 0 N–H and O–H groups in total. The van der Waals surface area contributed by atoms with Gasteiger partial charge in [0.2, 0.25) is 11.8 Å². The van der Waals surface area contributed by atoms with Gasteiger partial charge >= 0.3 is 5.97 Å². The second-order valence-electron chi connectivity index (χ2n) is 9.88. The largest absolute Gasteiger partial charge is 0.368 e. The molecule has 3 rings (SSSR count). The third-order valence-corrected chi connectivity index (χ3v) is 8.22. The molecule has 1 aliphatic carbocycles. The zero-order valence-corrected chi connectivity index (χ0v) is 21.4. The smallest absolute Gasteiger partial charge is 0.336 e. The molecule has 0 radical (unpaired) electrons. The van der Waals surface area contributed by atoms with Crippen molar-refractivity contribution in [1.29, 1.82) is 0 Å². The quantitative estimate of drug-likeness (QED) is 0.303.